The van der Waals surface area contributed by atoms with Crippen molar-refractivity contribution in [1.82, 2.24) is 0 Å². The Morgan fingerprint density at radius 3 is 2.69 bits per heavy atom. The van der Waals surface area contributed by atoms with Gasteiger partial charge in [0.25, 0.3) is 0 Å². The fraction of sp³-hybridized carbons (Fsp3) is 0.111. The summed E-state index contributed by atoms with van der Waals surface area (Å²) in [5, 5.41) is 17.9. The van der Waals surface area contributed by atoms with Crippen LogP contribution in [-0.4, -0.2) is 10.9 Å². The molecule has 0 aliphatic heterocycles. The number of rotatable bonds is 1. The predicted molar refractivity (Wildman–Crippen MR) is 50.5 cm³/mol. The van der Waals surface area contributed by atoms with Gasteiger partial charge in [-0.15, -0.1) is 0 Å². The molecule has 13 heavy (non-hydrogen) atoms. The summed E-state index contributed by atoms with van der Waals surface area (Å²) in [5.74, 6) is -0.274. The van der Waals surface area contributed by atoms with Gasteiger partial charge < -0.3 is 5.11 Å². The molecule has 0 aromatic heterocycles. The van der Waals surface area contributed by atoms with Gasteiger partial charge in [-0.3, -0.25) is 4.79 Å². The molecule has 4 heteroatoms. The van der Waals surface area contributed by atoms with E-state index < -0.39 is 0 Å². The van der Waals surface area contributed by atoms with Crippen LogP contribution in [0.15, 0.2) is 16.6 Å². The van der Waals surface area contributed by atoms with Crippen LogP contribution < -0.4 is 0 Å². The van der Waals surface area contributed by atoms with E-state index in [9.17, 15) is 9.90 Å². The van der Waals surface area contributed by atoms with Crippen LogP contribution in [0.25, 0.3) is 0 Å². The zero-order valence-electron chi connectivity index (χ0n) is 6.84. The van der Waals surface area contributed by atoms with Gasteiger partial charge in [0.1, 0.15) is 11.8 Å². The summed E-state index contributed by atoms with van der Waals surface area (Å²) in [6.07, 6.45) is 0. The summed E-state index contributed by atoms with van der Waals surface area (Å²) in [5.41, 5.74) is 0.486. The molecule has 0 radical (unpaired) electrons. The van der Waals surface area contributed by atoms with Crippen LogP contribution >= 0.6 is 15.9 Å². The SMILES string of the molecule is CC(=O)c1cc(O)cc(Br)c1C#N. The number of phenolic OH excluding ortho intramolecular Hbond substituents is 1. The van der Waals surface area contributed by atoms with Crippen molar-refractivity contribution in [3.8, 4) is 11.8 Å². The second-order valence-electron chi connectivity index (χ2n) is 2.52. The van der Waals surface area contributed by atoms with Gasteiger partial charge in [0, 0.05) is 10.0 Å². The number of hydrogen-bond donors (Lipinski definition) is 1. The quantitative estimate of drug-likeness (QED) is 0.765. The van der Waals surface area contributed by atoms with Crippen molar-refractivity contribution in [1.29, 1.82) is 5.26 Å². The standard InChI is InChI=1S/C9H6BrNO2/c1-5(12)7-2-6(13)3-9(10)8(7)4-11/h2-3,13H,1H3. The van der Waals surface area contributed by atoms with Gasteiger partial charge in [-0.2, -0.15) is 5.26 Å². The zero-order chi connectivity index (χ0) is 10.0. The molecule has 1 rings (SSSR count). The number of Topliss-reactive ketones (excluding diaryl/α,β-unsaturated/α-hetero) is 1. The van der Waals surface area contributed by atoms with Crippen molar-refractivity contribution >= 4 is 21.7 Å². The Bertz CT molecular complexity index is 407. The zero-order valence-corrected chi connectivity index (χ0v) is 8.42. The third-order valence-corrected chi connectivity index (χ3v) is 2.19. The normalized spacial score (nSPS) is 9.31. The van der Waals surface area contributed by atoms with Crippen molar-refractivity contribution in [3.63, 3.8) is 0 Å². The van der Waals surface area contributed by atoms with E-state index in [1.54, 1.807) is 0 Å². The molecule has 0 unspecified atom stereocenters. The van der Waals surface area contributed by atoms with Crippen LogP contribution in [0.3, 0.4) is 0 Å². The van der Waals surface area contributed by atoms with Gasteiger partial charge in [0.05, 0.1) is 5.56 Å². The molecule has 0 heterocycles. The van der Waals surface area contributed by atoms with E-state index in [-0.39, 0.29) is 22.7 Å². The van der Waals surface area contributed by atoms with Gasteiger partial charge in [0.15, 0.2) is 5.78 Å². The lowest BCUT2D eigenvalue weighted by molar-refractivity contribution is 0.101. The highest BCUT2D eigenvalue weighted by Crippen LogP contribution is 2.25. The number of carbonyl (C=O) groups is 1. The summed E-state index contributed by atoms with van der Waals surface area (Å²) in [4.78, 5) is 11.0. The van der Waals surface area contributed by atoms with Crippen LogP contribution in [0.5, 0.6) is 5.75 Å². The molecule has 0 amide bonds. The Balaban J connectivity index is 3.50. The van der Waals surface area contributed by atoms with E-state index >= 15 is 0 Å². The minimum absolute atomic E-state index is 0.0314. The first-order valence-corrected chi connectivity index (χ1v) is 4.29. The molecular formula is C9H6BrNO2. The summed E-state index contributed by atoms with van der Waals surface area (Å²) in [6.45, 7) is 1.35. The predicted octanol–water partition coefficient (Wildman–Crippen LogP) is 2.23. The number of carbonyl (C=O) groups excluding carboxylic acids is 1. The van der Waals surface area contributed by atoms with Crippen molar-refractivity contribution < 1.29 is 9.90 Å². The first-order valence-electron chi connectivity index (χ1n) is 3.50. The second kappa shape index (κ2) is 3.58. The molecule has 0 saturated carbocycles. The molecule has 1 N–H and O–H groups in total. The fourth-order valence-corrected chi connectivity index (χ4v) is 1.52. The van der Waals surface area contributed by atoms with Crippen LogP contribution in [0.4, 0.5) is 0 Å². The van der Waals surface area contributed by atoms with E-state index in [0.717, 1.165) is 0 Å². The van der Waals surface area contributed by atoms with E-state index in [0.29, 0.717) is 4.47 Å². The van der Waals surface area contributed by atoms with E-state index in [4.69, 9.17) is 5.26 Å². The highest BCUT2D eigenvalue weighted by molar-refractivity contribution is 9.10. The average molecular weight is 240 g/mol. The lowest BCUT2D eigenvalue weighted by Gasteiger charge is -2.02. The highest BCUT2D eigenvalue weighted by atomic mass is 79.9. The Kier molecular flexibility index (Phi) is 2.69. The summed E-state index contributed by atoms with van der Waals surface area (Å²) >= 11 is 3.09. The number of benzene rings is 1. The molecule has 0 atom stereocenters. The summed E-state index contributed by atoms with van der Waals surface area (Å²) < 4.78 is 0.431. The van der Waals surface area contributed by atoms with Crippen molar-refractivity contribution in [3.05, 3.63) is 27.7 Å². The van der Waals surface area contributed by atoms with Gasteiger partial charge in [0.2, 0.25) is 0 Å². The first-order chi connectivity index (χ1) is 6.06. The third kappa shape index (κ3) is 1.87. The van der Waals surface area contributed by atoms with Gasteiger partial charge in [-0.05, 0) is 35.0 Å². The number of nitrogens with zero attached hydrogens (tertiary/aromatic N) is 1. The molecule has 0 bridgehead atoms. The molecule has 0 spiro atoms. The van der Waals surface area contributed by atoms with Crippen LogP contribution in [0.2, 0.25) is 0 Å². The maximum Gasteiger partial charge on any atom is 0.161 e. The molecule has 0 saturated heterocycles. The Morgan fingerprint density at radius 2 is 2.23 bits per heavy atom. The number of nitriles is 1. The van der Waals surface area contributed by atoms with Crippen LogP contribution in [-0.2, 0) is 0 Å². The topological polar surface area (TPSA) is 61.1 Å². The third-order valence-electron chi connectivity index (χ3n) is 1.57. The number of aromatic hydroxyl groups is 1. The number of ketones is 1. The molecule has 0 aliphatic rings. The first kappa shape index (κ1) is 9.75. The van der Waals surface area contributed by atoms with E-state index in [1.165, 1.54) is 19.1 Å². The number of halogens is 1. The summed E-state index contributed by atoms with van der Waals surface area (Å²) in [6, 6.07) is 4.56. The van der Waals surface area contributed by atoms with E-state index in [2.05, 4.69) is 15.9 Å². The van der Waals surface area contributed by atoms with Gasteiger partial charge in [-0.25, -0.2) is 0 Å². The largest absolute Gasteiger partial charge is 0.508 e. The highest BCUT2D eigenvalue weighted by Gasteiger charge is 2.11. The Hall–Kier alpha value is -1.34. The van der Waals surface area contributed by atoms with Crippen LogP contribution in [0.1, 0.15) is 22.8 Å². The minimum Gasteiger partial charge on any atom is -0.508 e. The smallest absolute Gasteiger partial charge is 0.161 e. The van der Waals surface area contributed by atoms with Crippen molar-refractivity contribution in [2.75, 3.05) is 0 Å². The molecule has 3 nitrogen and oxygen atoms in total. The monoisotopic (exact) mass is 239 g/mol. The lowest BCUT2D eigenvalue weighted by atomic mass is 10.1. The summed E-state index contributed by atoms with van der Waals surface area (Å²) in [7, 11) is 0. The fourth-order valence-electron chi connectivity index (χ4n) is 0.984. The second-order valence-corrected chi connectivity index (χ2v) is 3.37. The number of phenols is 1. The molecular weight excluding hydrogens is 234 g/mol. The average Bonchev–Trinajstić information content (AvgIpc) is 2.02. The van der Waals surface area contributed by atoms with Gasteiger partial charge in [-0.1, -0.05) is 0 Å². The van der Waals surface area contributed by atoms with Crippen LogP contribution in [0, 0.1) is 11.3 Å². The molecule has 1 aromatic carbocycles. The maximum atomic E-state index is 11.0. The van der Waals surface area contributed by atoms with E-state index in [1.807, 2.05) is 6.07 Å². The van der Waals surface area contributed by atoms with Crippen molar-refractivity contribution in [2.24, 2.45) is 0 Å². The van der Waals surface area contributed by atoms with Crippen molar-refractivity contribution in [2.45, 2.75) is 6.92 Å². The molecule has 1 aromatic rings. The van der Waals surface area contributed by atoms with Gasteiger partial charge >= 0.3 is 0 Å². The number of hydrogen-bond acceptors (Lipinski definition) is 3. The minimum atomic E-state index is -0.242. The molecule has 0 aliphatic carbocycles. The lowest BCUT2D eigenvalue weighted by Crippen LogP contribution is -1.97. The Morgan fingerprint density at radius 1 is 1.62 bits per heavy atom. The maximum absolute atomic E-state index is 11.0. The molecule has 66 valence electrons. The molecule has 0 fully saturated rings. The Labute approximate surface area is 83.7 Å².